The normalized spacial score (nSPS) is 15.8. The molecular weight excluding hydrogens is 468 g/mol. The number of esters is 2. The van der Waals surface area contributed by atoms with Crippen LogP contribution in [0.4, 0.5) is 4.79 Å². The van der Waals surface area contributed by atoms with E-state index in [1.54, 1.807) is 36.0 Å². The molecule has 0 aliphatic carbocycles. The van der Waals surface area contributed by atoms with Crippen molar-refractivity contribution in [1.29, 1.82) is 0 Å². The first kappa shape index (κ1) is 29.5. The second-order valence-corrected chi connectivity index (χ2v) is 8.68. The average Bonchev–Trinajstić information content (AvgIpc) is 3.30. The molecule has 0 aromatic heterocycles. The van der Waals surface area contributed by atoms with E-state index >= 15 is 0 Å². The quantitative estimate of drug-likeness (QED) is 0.287. The molecule has 1 fully saturated rings. The van der Waals surface area contributed by atoms with E-state index in [1.165, 1.54) is 6.08 Å². The lowest BCUT2D eigenvalue weighted by atomic mass is 10.1. The van der Waals surface area contributed by atoms with Gasteiger partial charge in [-0.3, -0.25) is 0 Å². The monoisotopic (exact) mass is 500 g/mol. The number of aryl methyl sites for hydroxylation is 2. The van der Waals surface area contributed by atoms with Gasteiger partial charge in [0.05, 0.1) is 16.4 Å². The maximum absolute atomic E-state index is 12.3. The van der Waals surface area contributed by atoms with Crippen LogP contribution in [0.25, 0.3) is 0 Å². The van der Waals surface area contributed by atoms with Crippen molar-refractivity contribution in [3.8, 4) is 0 Å². The summed E-state index contributed by atoms with van der Waals surface area (Å²) in [4.78, 5) is 34.0. The number of hydrogen-bond donors (Lipinski definition) is 1. The predicted molar refractivity (Wildman–Crippen MR) is 138 cm³/mol. The third-order valence-corrected chi connectivity index (χ3v) is 6.02. The summed E-state index contributed by atoms with van der Waals surface area (Å²) in [7, 11) is 0. The summed E-state index contributed by atoms with van der Waals surface area (Å²) in [5.41, 5.74) is 3.27. The Morgan fingerprint density at radius 2 is 1.46 bits per heavy atom. The van der Waals surface area contributed by atoms with E-state index in [1.807, 2.05) is 38.1 Å². The molecule has 7 nitrogen and oxygen atoms in total. The fraction of sp³-hybridized carbons (Fsp3) is 0.296. The molecule has 0 bridgehead atoms. The molecule has 1 aliphatic heterocycles. The van der Waals surface area contributed by atoms with Crippen molar-refractivity contribution in [1.82, 2.24) is 0 Å². The minimum Gasteiger partial charge on any atom is -0.461 e. The molecule has 0 amide bonds. The zero-order chi connectivity index (χ0) is 26.2. The lowest BCUT2D eigenvalue weighted by Crippen LogP contribution is -2.29. The highest BCUT2D eigenvalue weighted by atomic mass is 32.2. The fourth-order valence-electron chi connectivity index (χ4n) is 2.88. The minimum absolute atomic E-state index is 0.0289. The van der Waals surface area contributed by atoms with E-state index in [9.17, 15) is 14.4 Å². The predicted octanol–water partition coefficient (Wildman–Crippen LogP) is 5.86. The van der Waals surface area contributed by atoms with Crippen molar-refractivity contribution in [3.63, 3.8) is 0 Å². The molecule has 188 valence electrons. The van der Waals surface area contributed by atoms with Gasteiger partial charge in [-0.15, -0.1) is 13.2 Å². The number of thioether (sulfide) groups is 1. The Morgan fingerprint density at radius 1 is 0.943 bits per heavy atom. The van der Waals surface area contributed by atoms with Gasteiger partial charge in [-0.1, -0.05) is 48.0 Å². The molecule has 0 saturated carbocycles. The molecule has 2 aromatic rings. The van der Waals surface area contributed by atoms with Crippen molar-refractivity contribution in [3.05, 3.63) is 96.6 Å². The van der Waals surface area contributed by atoms with Crippen LogP contribution in [0.5, 0.6) is 0 Å². The summed E-state index contributed by atoms with van der Waals surface area (Å²) in [5, 5.41) is 7.75. The Balaban J connectivity index is 0.000000587. The van der Waals surface area contributed by atoms with Crippen molar-refractivity contribution >= 4 is 29.9 Å². The molecule has 2 aromatic carbocycles. The molecular formula is C27H32O7S. The molecule has 35 heavy (non-hydrogen) atoms. The number of rotatable bonds is 7. The number of ether oxygens (including phenoxy) is 3. The van der Waals surface area contributed by atoms with Crippen molar-refractivity contribution in [2.45, 2.75) is 31.6 Å². The second-order valence-electron chi connectivity index (χ2n) is 7.34. The van der Waals surface area contributed by atoms with E-state index in [4.69, 9.17) is 14.6 Å². The molecule has 1 saturated heterocycles. The largest absolute Gasteiger partial charge is 0.506 e. The molecule has 2 atom stereocenters. The van der Waals surface area contributed by atoms with Gasteiger partial charge < -0.3 is 19.3 Å². The number of carbonyl (C=O) groups excluding carboxylic acids is 2. The zero-order valence-corrected chi connectivity index (χ0v) is 20.9. The van der Waals surface area contributed by atoms with Gasteiger partial charge in [0.15, 0.2) is 0 Å². The number of hydrogen-bond acceptors (Lipinski definition) is 7. The first-order valence-electron chi connectivity index (χ1n) is 10.9. The molecule has 1 heterocycles. The van der Waals surface area contributed by atoms with Gasteiger partial charge in [0.2, 0.25) is 0 Å². The van der Waals surface area contributed by atoms with E-state index in [0.717, 1.165) is 23.3 Å². The first-order valence-corrected chi connectivity index (χ1v) is 11.9. The third kappa shape index (κ3) is 11.0. The Kier molecular flexibility index (Phi) is 13.6. The Morgan fingerprint density at radius 3 is 1.91 bits per heavy atom. The summed E-state index contributed by atoms with van der Waals surface area (Å²) in [6.07, 6.45) is 0.642. The highest BCUT2D eigenvalue weighted by molar-refractivity contribution is 8.00. The van der Waals surface area contributed by atoms with Gasteiger partial charge in [-0.05, 0) is 50.3 Å². The highest BCUT2D eigenvalue weighted by Crippen LogP contribution is 2.30. The van der Waals surface area contributed by atoms with E-state index in [2.05, 4.69) is 24.5 Å². The smallest absolute Gasteiger partial charge is 0.461 e. The lowest BCUT2D eigenvalue weighted by Gasteiger charge is -2.19. The van der Waals surface area contributed by atoms with E-state index in [0.29, 0.717) is 11.1 Å². The highest BCUT2D eigenvalue weighted by Gasteiger charge is 2.32. The van der Waals surface area contributed by atoms with Gasteiger partial charge in [-0.2, -0.15) is 11.8 Å². The standard InChI is InChI=1S/C21H22O4S.C4H6O3.C2H4/c1-14-3-7-16(8-4-14)20(22)24-13-19-18(11-12-26-19)25-21(23)17-9-5-15(2)6-10-17;1-2-3-7-4(5)6;1-2/h3-10,18-19H,11-13H2,1-2H3;2H,1,3H2,(H,5,6);1-2H2/t18-,19+;;/m1../s1. The van der Waals surface area contributed by atoms with Crippen LogP contribution in [0.15, 0.2) is 74.3 Å². The average molecular weight is 501 g/mol. The van der Waals surface area contributed by atoms with Crippen LogP contribution in [0.1, 0.15) is 38.3 Å². The van der Waals surface area contributed by atoms with Gasteiger partial charge in [0.1, 0.15) is 19.3 Å². The molecule has 1 aliphatic rings. The third-order valence-electron chi connectivity index (χ3n) is 4.69. The van der Waals surface area contributed by atoms with Crippen LogP contribution in [-0.4, -0.2) is 53.5 Å². The zero-order valence-electron chi connectivity index (χ0n) is 20.1. The molecule has 0 unspecified atom stereocenters. The minimum atomic E-state index is -1.26. The van der Waals surface area contributed by atoms with Crippen LogP contribution < -0.4 is 0 Å². The number of carboxylic acid groups (broad SMARTS) is 1. The van der Waals surface area contributed by atoms with Gasteiger partial charge >= 0.3 is 18.1 Å². The van der Waals surface area contributed by atoms with Crippen LogP contribution in [0, 0.1) is 13.8 Å². The van der Waals surface area contributed by atoms with Gasteiger partial charge in [0.25, 0.3) is 0 Å². The van der Waals surface area contributed by atoms with Crippen LogP contribution in [0.2, 0.25) is 0 Å². The molecule has 8 heteroatoms. The summed E-state index contributed by atoms with van der Waals surface area (Å²) in [5.74, 6) is 0.215. The SMILES string of the molecule is C=C.C=CCOC(=O)O.Cc1ccc(C(=O)OC[C@@H]2SCC[C@H]2OC(=O)c2ccc(C)cc2)cc1. The van der Waals surface area contributed by atoms with E-state index < -0.39 is 6.16 Å². The Bertz CT molecular complexity index is 954. The summed E-state index contributed by atoms with van der Waals surface area (Å²) in [6.45, 7) is 13.5. The molecule has 0 spiro atoms. The van der Waals surface area contributed by atoms with Gasteiger partial charge in [-0.25, -0.2) is 14.4 Å². The molecule has 1 N–H and O–H groups in total. The lowest BCUT2D eigenvalue weighted by molar-refractivity contribution is 0.0221. The summed E-state index contributed by atoms with van der Waals surface area (Å²) in [6, 6.07) is 14.6. The summed E-state index contributed by atoms with van der Waals surface area (Å²) < 4.78 is 15.1. The number of carbonyl (C=O) groups is 3. The molecule has 0 radical (unpaired) electrons. The first-order chi connectivity index (χ1) is 16.8. The van der Waals surface area contributed by atoms with Crippen LogP contribution in [-0.2, 0) is 14.2 Å². The maximum Gasteiger partial charge on any atom is 0.506 e. The van der Waals surface area contributed by atoms with Crippen molar-refractivity contribution < 1.29 is 33.7 Å². The van der Waals surface area contributed by atoms with Crippen molar-refractivity contribution in [2.24, 2.45) is 0 Å². The topological polar surface area (TPSA) is 99.1 Å². The van der Waals surface area contributed by atoms with Gasteiger partial charge in [0, 0.05) is 0 Å². The van der Waals surface area contributed by atoms with Crippen LogP contribution in [0.3, 0.4) is 0 Å². The van der Waals surface area contributed by atoms with Crippen LogP contribution >= 0.6 is 11.8 Å². The second kappa shape index (κ2) is 16.2. The Labute approximate surface area is 210 Å². The maximum atomic E-state index is 12.3. The summed E-state index contributed by atoms with van der Waals surface area (Å²) >= 11 is 1.68. The van der Waals surface area contributed by atoms with Crippen molar-refractivity contribution in [2.75, 3.05) is 19.0 Å². The Hall–Kier alpha value is -3.52. The molecule has 3 rings (SSSR count). The van der Waals surface area contributed by atoms with E-state index in [-0.39, 0.29) is 36.5 Å². The number of benzene rings is 2. The fourth-order valence-corrected chi connectivity index (χ4v) is 4.12.